The van der Waals surface area contributed by atoms with Crippen molar-refractivity contribution in [2.45, 2.75) is 25.9 Å². The zero-order chi connectivity index (χ0) is 19.8. The van der Waals surface area contributed by atoms with Crippen molar-refractivity contribution in [3.63, 3.8) is 0 Å². The molecule has 0 N–H and O–H groups in total. The highest BCUT2D eigenvalue weighted by Crippen LogP contribution is 2.32. The number of benzene rings is 1. The van der Waals surface area contributed by atoms with Crippen LogP contribution in [0.5, 0.6) is 0 Å². The number of hydrogen-bond acceptors (Lipinski definition) is 7. The summed E-state index contributed by atoms with van der Waals surface area (Å²) < 4.78 is 8.09. The van der Waals surface area contributed by atoms with E-state index < -0.39 is 0 Å². The van der Waals surface area contributed by atoms with Crippen molar-refractivity contribution in [2.24, 2.45) is 0 Å². The third-order valence-corrected chi connectivity index (χ3v) is 5.28. The van der Waals surface area contributed by atoms with Crippen LogP contribution in [0.4, 0.5) is 5.95 Å². The standard InChI is InChI=1S/C20H18ClN7O/c1-13(18-24-25-19(29-18)15-4-2-5-16(21)12-15)27-10-3-11-28-17(23-26-20(27)28)14-6-8-22-9-7-14/h2,4-9,12-13H,3,10-11H2,1H3. The summed E-state index contributed by atoms with van der Waals surface area (Å²) >= 11 is 6.07. The van der Waals surface area contributed by atoms with E-state index in [1.54, 1.807) is 12.4 Å². The van der Waals surface area contributed by atoms with Gasteiger partial charge in [-0.1, -0.05) is 17.7 Å². The average Bonchev–Trinajstić information content (AvgIpc) is 3.41. The van der Waals surface area contributed by atoms with Gasteiger partial charge in [-0.05, 0) is 43.7 Å². The maximum atomic E-state index is 6.07. The Morgan fingerprint density at radius 1 is 1.00 bits per heavy atom. The normalized spacial score (nSPS) is 14.6. The van der Waals surface area contributed by atoms with E-state index >= 15 is 0 Å². The van der Waals surface area contributed by atoms with E-state index in [4.69, 9.17) is 16.0 Å². The van der Waals surface area contributed by atoms with E-state index in [1.807, 2.05) is 43.3 Å². The predicted molar refractivity (Wildman–Crippen MR) is 108 cm³/mol. The van der Waals surface area contributed by atoms with Gasteiger partial charge >= 0.3 is 0 Å². The lowest BCUT2D eigenvalue weighted by Gasteiger charge is -2.32. The Morgan fingerprint density at radius 2 is 1.86 bits per heavy atom. The van der Waals surface area contributed by atoms with Gasteiger partial charge in [-0.3, -0.25) is 9.55 Å². The molecule has 1 unspecified atom stereocenters. The number of halogens is 1. The number of hydrogen-bond donors (Lipinski definition) is 0. The minimum absolute atomic E-state index is 0.135. The molecule has 0 saturated heterocycles. The van der Waals surface area contributed by atoms with E-state index in [0.717, 1.165) is 42.4 Å². The summed E-state index contributed by atoms with van der Waals surface area (Å²) in [6.07, 6.45) is 4.49. The van der Waals surface area contributed by atoms with E-state index in [0.29, 0.717) is 16.8 Å². The smallest absolute Gasteiger partial charge is 0.247 e. The second-order valence-corrected chi connectivity index (χ2v) is 7.33. The van der Waals surface area contributed by atoms with E-state index in [-0.39, 0.29) is 6.04 Å². The van der Waals surface area contributed by atoms with Gasteiger partial charge in [-0.2, -0.15) is 0 Å². The zero-order valence-corrected chi connectivity index (χ0v) is 16.5. The summed E-state index contributed by atoms with van der Waals surface area (Å²) in [5, 5.41) is 18.0. The van der Waals surface area contributed by atoms with Crippen LogP contribution in [-0.4, -0.2) is 36.5 Å². The number of pyridine rings is 1. The van der Waals surface area contributed by atoms with Crippen LogP contribution < -0.4 is 4.90 Å². The van der Waals surface area contributed by atoms with Gasteiger partial charge in [-0.25, -0.2) is 0 Å². The van der Waals surface area contributed by atoms with Crippen molar-refractivity contribution in [2.75, 3.05) is 11.4 Å². The fourth-order valence-electron chi connectivity index (χ4n) is 3.57. The Bertz CT molecular complexity index is 1140. The first kappa shape index (κ1) is 17.8. The molecule has 4 heterocycles. The second-order valence-electron chi connectivity index (χ2n) is 6.89. The molecule has 146 valence electrons. The summed E-state index contributed by atoms with van der Waals surface area (Å²) in [4.78, 5) is 6.23. The van der Waals surface area contributed by atoms with Gasteiger partial charge in [0.15, 0.2) is 5.82 Å². The molecule has 0 saturated carbocycles. The van der Waals surface area contributed by atoms with Crippen molar-refractivity contribution < 1.29 is 4.42 Å². The van der Waals surface area contributed by atoms with Crippen LogP contribution in [0, 0.1) is 0 Å². The first-order valence-corrected chi connectivity index (χ1v) is 9.78. The maximum absolute atomic E-state index is 6.07. The van der Waals surface area contributed by atoms with Crippen LogP contribution in [0.1, 0.15) is 25.3 Å². The molecule has 1 aliphatic heterocycles. The number of aromatic nitrogens is 6. The first-order valence-electron chi connectivity index (χ1n) is 9.40. The third-order valence-electron chi connectivity index (χ3n) is 5.04. The molecule has 1 aliphatic rings. The van der Waals surface area contributed by atoms with Crippen LogP contribution in [0.15, 0.2) is 53.2 Å². The number of fused-ring (bicyclic) bond motifs is 1. The molecule has 1 atom stereocenters. The van der Waals surface area contributed by atoms with Gasteiger partial charge in [-0.15, -0.1) is 20.4 Å². The molecule has 0 radical (unpaired) electrons. The number of nitrogens with zero attached hydrogens (tertiary/aromatic N) is 7. The highest BCUT2D eigenvalue weighted by Gasteiger charge is 2.30. The molecular formula is C20H18ClN7O. The molecular weight excluding hydrogens is 390 g/mol. The molecule has 0 amide bonds. The van der Waals surface area contributed by atoms with Gasteiger partial charge < -0.3 is 9.32 Å². The van der Waals surface area contributed by atoms with Crippen LogP contribution in [0.25, 0.3) is 22.8 Å². The molecule has 3 aromatic heterocycles. The van der Waals surface area contributed by atoms with E-state index in [1.165, 1.54) is 0 Å². The summed E-state index contributed by atoms with van der Waals surface area (Å²) in [5.74, 6) is 2.62. The molecule has 1 aromatic carbocycles. The summed E-state index contributed by atoms with van der Waals surface area (Å²) in [5.41, 5.74) is 1.79. The largest absolute Gasteiger partial charge is 0.418 e. The van der Waals surface area contributed by atoms with Crippen molar-refractivity contribution in [3.05, 3.63) is 59.7 Å². The lowest BCUT2D eigenvalue weighted by molar-refractivity contribution is 0.430. The lowest BCUT2D eigenvalue weighted by atomic mass is 10.2. The summed E-state index contributed by atoms with van der Waals surface area (Å²) in [6.45, 7) is 3.73. The Labute approximate surface area is 172 Å². The monoisotopic (exact) mass is 407 g/mol. The Morgan fingerprint density at radius 3 is 2.69 bits per heavy atom. The molecule has 0 spiro atoms. The van der Waals surface area contributed by atoms with Gasteiger partial charge in [0.2, 0.25) is 17.7 Å². The van der Waals surface area contributed by atoms with Crippen molar-refractivity contribution in [3.8, 4) is 22.8 Å². The van der Waals surface area contributed by atoms with Gasteiger partial charge in [0.25, 0.3) is 0 Å². The Balaban J connectivity index is 1.45. The fraction of sp³-hybridized carbons (Fsp3) is 0.250. The molecule has 9 heteroatoms. The lowest BCUT2D eigenvalue weighted by Crippen LogP contribution is -2.35. The van der Waals surface area contributed by atoms with E-state index in [9.17, 15) is 0 Å². The first-order chi connectivity index (χ1) is 14.2. The molecule has 5 rings (SSSR count). The minimum atomic E-state index is -0.135. The van der Waals surface area contributed by atoms with Gasteiger partial charge in [0.1, 0.15) is 6.04 Å². The van der Waals surface area contributed by atoms with Gasteiger partial charge in [0, 0.05) is 41.6 Å². The molecule has 0 aliphatic carbocycles. The SMILES string of the molecule is CC(c1nnc(-c2cccc(Cl)c2)o1)N1CCCn2c(-c3ccncc3)nnc21. The van der Waals surface area contributed by atoms with Crippen LogP contribution in [-0.2, 0) is 6.54 Å². The highest BCUT2D eigenvalue weighted by atomic mass is 35.5. The number of rotatable bonds is 4. The summed E-state index contributed by atoms with van der Waals surface area (Å²) in [7, 11) is 0. The van der Waals surface area contributed by atoms with Gasteiger partial charge in [0.05, 0.1) is 0 Å². The maximum Gasteiger partial charge on any atom is 0.247 e. The quantitative estimate of drug-likeness (QED) is 0.505. The third kappa shape index (κ3) is 3.25. The highest BCUT2D eigenvalue weighted by molar-refractivity contribution is 6.30. The van der Waals surface area contributed by atoms with Crippen LogP contribution in [0.3, 0.4) is 0 Å². The molecule has 0 fully saturated rings. The molecule has 0 bridgehead atoms. The molecule has 4 aromatic rings. The van der Waals surface area contributed by atoms with Crippen LogP contribution >= 0.6 is 11.6 Å². The topological polar surface area (TPSA) is 85.8 Å². The number of anilines is 1. The Kier molecular flexibility index (Phi) is 4.48. The molecule has 29 heavy (non-hydrogen) atoms. The molecule has 8 nitrogen and oxygen atoms in total. The summed E-state index contributed by atoms with van der Waals surface area (Å²) in [6, 6.07) is 11.1. The predicted octanol–water partition coefficient (Wildman–Crippen LogP) is 4.01. The van der Waals surface area contributed by atoms with Crippen molar-refractivity contribution >= 4 is 17.5 Å². The van der Waals surface area contributed by atoms with Crippen molar-refractivity contribution in [1.29, 1.82) is 0 Å². The van der Waals surface area contributed by atoms with Crippen molar-refractivity contribution in [1.82, 2.24) is 29.9 Å². The zero-order valence-electron chi connectivity index (χ0n) is 15.7. The van der Waals surface area contributed by atoms with E-state index in [2.05, 4.69) is 34.8 Å². The Hall–Kier alpha value is -3.26. The fourth-order valence-corrected chi connectivity index (χ4v) is 3.76. The average molecular weight is 408 g/mol. The second kappa shape index (κ2) is 7.29. The minimum Gasteiger partial charge on any atom is -0.418 e. The van der Waals surface area contributed by atoms with Crippen LogP contribution in [0.2, 0.25) is 5.02 Å².